The van der Waals surface area contributed by atoms with Crippen LogP contribution in [0.5, 0.6) is 0 Å². The van der Waals surface area contributed by atoms with Crippen molar-refractivity contribution in [3.05, 3.63) is 46.7 Å². The van der Waals surface area contributed by atoms with Gasteiger partial charge in [-0.15, -0.1) is 0 Å². The lowest BCUT2D eigenvalue weighted by Crippen LogP contribution is -2.51. The van der Waals surface area contributed by atoms with Crippen molar-refractivity contribution in [3.8, 4) is 0 Å². The molecule has 9 heteroatoms. The zero-order valence-electron chi connectivity index (χ0n) is 19.2. The third-order valence-electron chi connectivity index (χ3n) is 7.53. The molecule has 1 aromatic carbocycles. The first-order chi connectivity index (χ1) is 16.5. The Labute approximate surface area is 204 Å². The number of hydrogen-bond donors (Lipinski definition) is 2. The number of hydrogen-bond acceptors (Lipinski definition) is 6. The number of nitrogens with zero attached hydrogens (tertiary/aromatic N) is 4. The third-order valence-corrected chi connectivity index (χ3v) is 7.78. The Morgan fingerprint density at radius 2 is 2.00 bits per heavy atom. The second kappa shape index (κ2) is 8.50. The van der Waals surface area contributed by atoms with Crippen LogP contribution in [0.15, 0.2) is 30.6 Å². The van der Waals surface area contributed by atoms with Crippen LogP contribution in [-0.2, 0) is 9.59 Å². The molecule has 3 heterocycles. The number of carbonyl (C=O) groups excluding carboxylic acids is 2. The van der Waals surface area contributed by atoms with E-state index in [1.165, 1.54) is 19.2 Å². The Morgan fingerprint density at radius 1 is 1.21 bits per heavy atom. The number of amides is 2. The van der Waals surface area contributed by atoms with Crippen molar-refractivity contribution in [2.75, 3.05) is 29.9 Å². The minimum atomic E-state index is -0.215. The highest BCUT2D eigenvalue weighted by molar-refractivity contribution is 6.30. The highest BCUT2D eigenvalue weighted by Crippen LogP contribution is 2.44. The zero-order valence-corrected chi connectivity index (χ0v) is 20.0. The first-order valence-corrected chi connectivity index (χ1v) is 12.6. The molecule has 2 aromatic rings. The number of anilines is 2. The summed E-state index contributed by atoms with van der Waals surface area (Å²) in [7, 11) is 0. The van der Waals surface area contributed by atoms with E-state index in [0.29, 0.717) is 36.4 Å². The molecule has 0 bridgehead atoms. The average Bonchev–Trinajstić information content (AvgIpc) is 3.73. The second-order valence-electron chi connectivity index (χ2n) is 9.99. The van der Waals surface area contributed by atoms with Crippen molar-refractivity contribution in [1.29, 1.82) is 0 Å². The van der Waals surface area contributed by atoms with Gasteiger partial charge in [0.1, 0.15) is 18.0 Å². The summed E-state index contributed by atoms with van der Waals surface area (Å²) in [4.78, 5) is 39.1. The van der Waals surface area contributed by atoms with E-state index >= 15 is 0 Å². The number of halogens is 1. The van der Waals surface area contributed by atoms with Crippen molar-refractivity contribution < 1.29 is 9.59 Å². The molecular weight excluding hydrogens is 452 g/mol. The van der Waals surface area contributed by atoms with Crippen LogP contribution in [0.3, 0.4) is 0 Å². The molecular formula is C25H29ClN6O2. The first kappa shape index (κ1) is 21.8. The van der Waals surface area contributed by atoms with Gasteiger partial charge < -0.3 is 20.4 Å². The van der Waals surface area contributed by atoms with Crippen molar-refractivity contribution in [2.24, 2.45) is 0 Å². The quantitative estimate of drug-likeness (QED) is 0.660. The number of rotatable bonds is 6. The summed E-state index contributed by atoms with van der Waals surface area (Å²) in [6.07, 6.45) is 5.28. The predicted octanol–water partition coefficient (Wildman–Crippen LogP) is 2.90. The Morgan fingerprint density at radius 3 is 2.76 bits per heavy atom. The summed E-state index contributed by atoms with van der Waals surface area (Å²) in [6.45, 7) is 4.09. The van der Waals surface area contributed by atoms with Gasteiger partial charge in [-0.3, -0.25) is 9.59 Å². The number of piperazine rings is 1. The van der Waals surface area contributed by atoms with Gasteiger partial charge in [0.05, 0.1) is 18.0 Å². The van der Waals surface area contributed by atoms with Crippen LogP contribution in [0, 0.1) is 0 Å². The standard InChI is InChI=1S/C25H29ClN6O2/c1-14-10-21(33)30-23-22(14)24(29-13-28-23)31-8-9-32(20-11-19(20)31)25(34)18(12-27-17-6-7-17)15-2-4-16(26)5-3-15/h2-5,13-14,17-20,27H,6-12H2,1H3,(H,28,29,30,33)/t14-,18-,19-,20?/m1/s1. The molecule has 1 unspecified atom stereocenters. The summed E-state index contributed by atoms with van der Waals surface area (Å²) in [6, 6.07) is 8.67. The Balaban J connectivity index is 1.21. The van der Waals surface area contributed by atoms with Gasteiger partial charge >= 0.3 is 0 Å². The van der Waals surface area contributed by atoms with Crippen molar-refractivity contribution in [3.63, 3.8) is 0 Å². The second-order valence-corrected chi connectivity index (χ2v) is 10.4. The molecule has 2 aliphatic heterocycles. The summed E-state index contributed by atoms with van der Waals surface area (Å²) in [5.41, 5.74) is 2.02. The van der Waals surface area contributed by atoms with E-state index in [1.54, 1.807) is 0 Å². The largest absolute Gasteiger partial charge is 0.349 e. The summed E-state index contributed by atoms with van der Waals surface area (Å²) >= 11 is 6.10. The fraction of sp³-hybridized carbons (Fsp3) is 0.520. The molecule has 0 radical (unpaired) electrons. The molecule has 2 amide bonds. The van der Waals surface area contributed by atoms with E-state index in [4.69, 9.17) is 11.6 Å². The molecule has 1 saturated heterocycles. The van der Waals surface area contributed by atoms with Gasteiger partial charge in [-0.1, -0.05) is 30.7 Å². The molecule has 0 spiro atoms. The minimum absolute atomic E-state index is 0.00240. The Bertz CT molecular complexity index is 1120. The molecule has 4 atom stereocenters. The molecule has 6 rings (SSSR count). The van der Waals surface area contributed by atoms with Crippen LogP contribution < -0.4 is 15.5 Å². The van der Waals surface area contributed by atoms with E-state index in [0.717, 1.165) is 29.9 Å². The van der Waals surface area contributed by atoms with E-state index in [2.05, 4.69) is 37.3 Å². The summed E-state index contributed by atoms with van der Waals surface area (Å²) in [5, 5.41) is 7.13. The van der Waals surface area contributed by atoms with Crippen LogP contribution in [0.4, 0.5) is 11.6 Å². The van der Waals surface area contributed by atoms with E-state index in [9.17, 15) is 9.59 Å². The van der Waals surface area contributed by atoms with Crippen LogP contribution in [0.1, 0.15) is 55.6 Å². The number of nitrogens with one attached hydrogen (secondary N) is 2. The topological polar surface area (TPSA) is 90.5 Å². The van der Waals surface area contributed by atoms with E-state index in [-0.39, 0.29) is 35.7 Å². The Kier molecular flexibility index (Phi) is 5.45. The monoisotopic (exact) mass is 480 g/mol. The van der Waals surface area contributed by atoms with Crippen LogP contribution in [-0.4, -0.2) is 64.4 Å². The molecule has 2 N–H and O–H groups in total. The zero-order chi connectivity index (χ0) is 23.4. The lowest BCUT2D eigenvalue weighted by atomic mass is 9.94. The highest BCUT2D eigenvalue weighted by atomic mass is 35.5. The predicted molar refractivity (Wildman–Crippen MR) is 130 cm³/mol. The lowest BCUT2D eigenvalue weighted by Gasteiger charge is -2.38. The number of fused-ring (bicyclic) bond motifs is 2. The van der Waals surface area contributed by atoms with E-state index < -0.39 is 0 Å². The van der Waals surface area contributed by atoms with Crippen LogP contribution in [0.25, 0.3) is 0 Å². The third kappa shape index (κ3) is 4.03. The normalized spacial score (nSPS) is 26.4. The fourth-order valence-corrected chi connectivity index (χ4v) is 5.60. The minimum Gasteiger partial charge on any atom is -0.349 e. The molecule has 2 saturated carbocycles. The maximum atomic E-state index is 13.8. The molecule has 3 fully saturated rings. The van der Waals surface area contributed by atoms with Gasteiger partial charge in [-0.25, -0.2) is 9.97 Å². The number of aromatic nitrogens is 2. The number of carbonyl (C=O) groups is 2. The van der Waals surface area contributed by atoms with Gasteiger partial charge in [0, 0.05) is 42.7 Å². The molecule has 1 aromatic heterocycles. The summed E-state index contributed by atoms with van der Waals surface area (Å²) in [5.74, 6) is 1.57. The fourth-order valence-electron chi connectivity index (χ4n) is 5.47. The molecule has 2 aliphatic carbocycles. The first-order valence-electron chi connectivity index (χ1n) is 12.2. The number of benzene rings is 1. The van der Waals surface area contributed by atoms with E-state index in [1.807, 2.05) is 24.3 Å². The molecule has 4 aliphatic rings. The van der Waals surface area contributed by atoms with Crippen molar-refractivity contribution in [2.45, 2.75) is 62.6 Å². The average molecular weight is 481 g/mol. The molecule has 34 heavy (non-hydrogen) atoms. The van der Waals surface area contributed by atoms with Crippen molar-refractivity contribution in [1.82, 2.24) is 20.2 Å². The van der Waals surface area contributed by atoms with Gasteiger partial charge in [-0.05, 0) is 42.9 Å². The summed E-state index contributed by atoms with van der Waals surface area (Å²) < 4.78 is 0. The highest BCUT2D eigenvalue weighted by Gasteiger charge is 2.52. The van der Waals surface area contributed by atoms with Gasteiger partial charge in [0.2, 0.25) is 11.8 Å². The Hall–Kier alpha value is -2.71. The van der Waals surface area contributed by atoms with Crippen molar-refractivity contribution >= 4 is 35.1 Å². The maximum Gasteiger partial charge on any atom is 0.231 e. The van der Waals surface area contributed by atoms with Gasteiger partial charge in [-0.2, -0.15) is 0 Å². The van der Waals surface area contributed by atoms with Crippen LogP contribution in [0.2, 0.25) is 5.02 Å². The van der Waals surface area contributed by atoms with Gasteiger partial charge in [0.25, 0.3) is 0 Å². The molecule has 8 nitrogen and oxygen atoms in total. The smallest absolute Gasteiger partial charge is 0.231 e. The SMILES string of the molecule is C[C@@H]1CC(=O)Nc2ncnc(N3CCN(C(=O)[C@H](CNC4CC4)c4ccc(Cl)cc4)C4C[C@H]43)c21. The molecule has 178 valence electrons. The lowest BCUT2D eigenvalue weighted by molar-refractivity contribution is -0.133. The maximum absolute atomic E-state index is 13.8. The van der Waals surface area contributed by atoms with Crippen LogP contribution >= 0.6 is 11.6 Å². The van der Waals surface area contributed by atoms with Gasteiger partial charge in [0.15, 0.2) is 0 Å².